The lowest BCUT2D eigenvalue weighted by molar-refractivity contribution is 0.0184. The first-order valence-corrected chi connectivity index (χ1v) is 6.00. The maximum absolute atomic E-state index is 10.1. The lowest BCUT2D eigenvalue weighted by Crippen LogP contribution is -2.40. The van der Waals surface area contributed by atoms with Crippen molar-refractivity contribution in [2.24, 2.45) is 0 Å². The fourth-order valence-corrected chi connectivity index (χ4v) is 1.98. The van der Waals surface area contributed by atoms with Crippen LogP contribution in [0.25, 0.3) is 0 Å². The molecule has 1 aliphatic heterocycles. The van der Waals surface area contributed by atoms with Crippen LogP contribution in [0.15, 0.2) is 22.6 Å². The monoisotopic (exact) mass is 251 g/mol. The predicted molar refractivity (Wildman–Crippen MR) is 69.5 cm³/mol. The average molecular weight is 251 g/mol. The summed E-state index contributed by atoms with van der Waals surface area (Å²) in [6, 6.07) is 2.02. The molecular formula is C13H21N3O2. The van der Waals surface area contributed by atoms with E-state index in [2.05, 4.69) is 0 Å². The van der Waals surface area contributed by atoms with Crippen molar-refractivity contribution in [3.05, 3.63) is 22.6 Å². The zero-order valence-electron chi connectivity index (χ0n) is 11.4. The highest BCUT2D eigenvalue weighted by Gasteiger charge is 2.30. The highest BCUT2D eigenvalue weighted by atomic mass is 16.3. The van der Waals surface area contributed by atoms with Gasteiger partial charge in [0.25, 0.3) is 0 Å². The molecule has 1 rings (SSSR count). The van der Waals surface area contributed by atoms with Gasteiger partial charge in [-0.05, 0) is 46.5 Å². The first-order valence-electron chi connectivity index (χ1n) is 6.00. The van der Waals surface area contributed by atoms with Crippen LogP contribution in [0.2, 0.25) is 0 Å². The average Bonchev–Trinajstić information content (AvgIpc) is 2.31. The Hall–Kier alpha value is -1.51. The number of rotatable bonds is 4. The van der Waals surface area contributed by atoms with Crippen molar-refractivity contribution in [3.8, 4) is 6.07 Å². The van der Waals surface area contributed by atoms with Gasteiger partial charge in [-0.1, -0.05) is 0 Å². The molecule has 1 unspecified atom stereocenters. The zero-order valence-corrected chi connectivity index (χ0v) is 11.4. The summed E-state index contributed by atoms with van der Waals surface area (Å²) >= 11 is 0. The molecule has 1 aliphatic rings. The van der Waals surface area contributed by atoms with Crippen LogP contribution in [0.3, 0.4) is 0 Å². The first-order chi connectivity index (χ1) is 8.40. The minimum absolute atomic E-state index is 0.0674. The smallest absolute Gasteiger partial charge is 0.192 e. The van der Waals surface area contributed by atoms with E-state index < -0.39 is 6.23 Å². The van der Waals surface area contributed by atoms with Crippen LogP contribution in [-0.2, 0) is 0 Å². The second-order valence-corrected chi connectivity index (χ2v) is 4.82. The lowest BCUT2D eigenvalue weighted by atomic mass is 9.98. The van der Waals surface area contributed by atoms with Crippen molar-refractivity contribution >= 4 is 0 Å². The van der Waals surface area contributed by atoms with Gasteiger partial charge in [0, 0.05) is 12.1 Å². The lowest BCUT2D eigenvalue weighted by Gasteiger charge is -2.34. The van der Waals surface area contributed by atoms with Crippen LogP contribution in [0.4, 0.5) is 0 Å². The van der Waals surface area contributed by atoms with Gasteiger partial charge in [0.15, 0.2) is 12.1 Å². The molecule has 0 radical (unpaired) electrons. The summed E-state index contributed by atoms with van der Waals surface area (Å²) in [5, 5.41) is 29.2. The maximum atomic E-state index is 10.1. The molecule has 2 N–H and O–H groups in total. The SMILES string of the molecule is CC1=C(C#N)C(O)N(CCCN(C)C)C(O)=C1C. The normalized spacial score (nSPS) is 20.7. The Balaban J connectivity index is 2.86. The molecule has 0 aromatic rings. The van der Waals surface area contributed by atoms with Gasteiger partial charge in [-0.3, -0.25) is 0 Å². The molecule has 0 spiro atoms. The quantitative estimate of drug-likeness (QED) is 0.785. The maximum Gasteiger partial charge on any atom is 0.192 e. The minimum atomic E-state index is -1.04. The fourth-order valence-electron chi connectivity index (χ4n) is 1.98. The van der Waals surface area contributed by atoms with E-state index >= 15 is 0 Å². The number of nitrogens with zero attached hydrogens (tertiary/aromatic N) is 3. The van der Waals surface area contributed by atoms with Gasteiger partial charge in [0.05, 0.1) is 11.6 Å². The van der Waals surface area contributed by atoms with Crippen molar-refractivity contribution < 1.29 is 10.2 Å². The van der Waals surface area contributed by atoms with Crippen LogP contribution in [-0.4, -0.2) is 53.4 Å². The van der Waals surface area contributed by atoms with Crippen LogP contribution >= 0.6 is 0 Å². The largest absolute Gasteiger partial charge is 0.494 e. The van der Waals surface area contributed by atoms with E-state index in [1.165, 1.54) is 4.90 Å². The van der Waals surface area contributed by atoms with E-state index in [1.807, 2.05) is 25.1 Å². The van der Waals surface area contributed by atoms with Crippen LogP contribution in [0, 0.1) is 11.3 Å². The van der Waals surface area contributed by atoms with Crippen molar-refractivity contribution in [1.82, 2.24) is 9.80 Å². The zero-order chi connectivity index (χ0) is 13.9. The summed E-state index contributed by atoms with van der Waals surface area (Å²) in [6.45, 7) is 4.87. The molecule has 0 fully saturated rings. The molecule has 0 saturated carbocycles. The van der Waals surface area contributed by atoms with Crippen molar-refractivity contribution in [3.63, 3.8) is 0 Å². The molecule has 5 heteroatoms. The summed E-state index contributed by atoms with van der Waals surface area (Å²) in [5.74, 6) is 0.0674. The molecule has 0 amide bonds. The second kappa shape index (κ2) is 5.89. The predicted octanol–water partition coefficient (Wildman–Crippen LogP) is 1.20. The standard InChI is InChI=1S/C13H21N3O2/c1-9-10(2)12(17)16(7-5-6-15(3)4)13(18)11(9)8-14/h13,17-18H,5-7H2,1-4H3. The van der Waals surface area contributed by atoms with E-state index in [0.29, 0.717) is 23.3 Å². The van der Waals surface area contributed by atoms with E-state index in [9.17, 15) is 10.2 Å². The van der Waals surface area contributed by atoms with Gasteiger partial charge in [-0.15, -0.1) is 0 Å². The first kappa shape index (κ1) is 14.6. The molecule has 0 aliphatic carbocycles. The van der Waals surface area contributed by atoms with E-state index in [4.69, 9.17) is 5.26 Å². The van der Waals surface area contributed by atoms with Crippen LogP contribution < -0.4 is 0 Å². The Labute approximate surface area is 108 Å². The summed E-state index contributed by atoms with van der Waals surface area (Å²) in [7, 11) is 3.94. The molecular weight excluding hydrogens is 230 g/mol. The van der Waals surface area contributed by atoms with Crippen LogP contribution in [0.5, 0.6) is 0 Å². The second-order valence-electron chi connectivity index (χ2n) is 4.82. The number of hydrogen-bond acceptors (Lipinski definition) is 5. The summed E-state index contributed by atoms with van der Waals surface area (Å²) in [5.41, 5.74) is 1.63. The number of nitriles is 1. The third-order valence-corrected chi connectivity index (χ3v) is 3.25. The van der Waals surface area contributed by atoms with E-state index in [1.54, 1.807) is 13.8 Å². The van der Waals surface area contributed by atoms with Gasteiger partial charge in [-0.25, -0.2) is 0 Å². The highest BCUT2D eigenvalue weighted by molar-refractivity contribution is 5.45. The number of aliphatic hydroxyl groups is 2. The van der Waals surface area contributed by atoms with Gasteiger partial charge in [0.2, 0.25) is 0 Å². The Morgan fingerprint density at radius 2 is 1.94 bits per heavy atom. The van der Waals surface area contributed by atoms with E-state index in [-0.39, 0.29) is 5.88 Å². The molecule has 5 nitrogen and oxygen atoms in total. The number of hydrogen-bond donors (Lipinski definition) is 2. The van der Waals surface area contributed by atoms with Crippen LogP contribution in [0.1, 0.15) is 20.3 Å². The molecule has 1 heterocycles. The number of allylic oxidation sites excluding steroid dienone is 2. The van der Waals surface area contributed by atoms with Gasteiger partial charge >= 0.3 is 0 Å². The third kappa shape index (κ3) is 2.84. The van der Waals surface area contributed by atoms with Crippen molar-refractivity contribution in [2.75, 3.05) is 27.2 Å². The molecule has 0 aromatic carbocycles. The third-order valence-electron chi connectivity index (χ3n) is 3.25. The summed E-state index contributed by atoms with van der Waals surface area (Å²) in [4.78, 5) is 3.51. The summed E-state index contributed by atoms with van der Waals surface area (Å²) in [6.07, 6.45) is -0.236. The van der Waals surface area contributed by atoms with Crippen molar-refractivity contribution in [1.29, 1.82) is 5.26 Å². The number of aliphatic hydroxyl groups excluding tert-OH is 2. The molecule has 0 aromatic heterocycles. The van der Waals surface area contributed by atoms with Crippen molar-refractivity contribution in [2.45, 2.75) is 26.5 Å². The topological polar surface area (TPSA) is 70.7 Å². The van der Waals surface area contributed by atoms with Gasteiger partial charge in [-0.2, -0.15) is 5.26 Å². The Bertz CT molecular complexity index is 418. The Morgan fingerprint density at radius 1 is 1.33 bits per heavy atom. The molecule has 0 bridgehead atoms. The highest BCUT2D eigenvalue weighted by Crippen LogP contribution is 2.29. The molecule has 1 atom stereocenters. The minimum Gasteiger partial charge on any atom is -0.494 e. The Morgan fingerprint density at radius 3 is 2.44 bits per heavy atom. The van der Waals surface area contributed by atoms with E-state index in [0.717, 1.165) is 13.0 Å². The molecule has 0 saturated heterocycles. The summed E-state index contributed by atoms with van der Waals surface area (Å²) < 4.78 is 0. The molecule has 100 valence electrons. The fraction of sp³-hybridized carbons (Fsp3) is 0.615. The van der Waals surface area contributed by atoms with Gasteiger partial charge in [0.1, 0.15) is 0 Å². The van der Waals surface area contributed by atoms with Gasteiger partial charge < -0.3 is 20.0 Å². The Kier molecular flexibility index (Phi) is 4.76. The molecule has 18 heavy (non-hydrogen) atoms.